The van der Waals surface area contributed by atoms with Crippen LogP contribution in [0.1, 0.15) is 0 Å². The summed E-state index contributed by atoms with van der Waals surface area (Å²) in [6.45, 7) is 0. The van der Waals surface area contributed by atoms with Gasteiger partial charge in [-0.3, -0.25) is 0 Å². The molecule has 0 saturated carbocycles. The molecule has 0 atom stereocenters. The van der Waals surface area contributed by atoms with Gasteiger partial charge in [0, 0.05) is 5.56 Å². The number of benzene rings is 1. The van der Waals surface area contributed by atoms with Gasteiger partial charge >= 0.3 is 0 Å². The van der Waals surface area contributed by atoms with Crippen LogP contribution in [0.25, 0.3) is 10.6 Å². The van der Waals surface area contributed by atoms with E-state index in [1.807, 2.05) is 6.07 Å². The number of aromatic nitrogens is 2. The molecule has 2 aromatic rings. The van der Waals surface area contributed by atoms with Gasteiger partial charge in [0.2, 0.25) is 0 Å². The minimum Gasteiger partial charge on any atom is -0.206 e. The summed E-state index contributed by atoms with van der Waals surface area (Å²) < 4.78 is 14.5. The molecule has 1 aromatic heterocycles. The van der Waals surface area contributed by atoms with Crippen LogP contribution in [0.4, 0.5) is 4.39 Å². The van der Waals surface area contributed by atoms with Crippen molar-refractivity contribution in [3.05, 3.63) is 31.5 Å². The van der Waals surface area contributed by atoms with E-state index in [-0.39, 0.29) is 5.82 Å². The Bertz CT molecular complexity index is 474. The highest BCUT2D eigenvalue weighted by atomic mass is 127. The predicted octanol–water partition coefficient (Wildman–Crippen LogP) is 3.71. The van der Waals surface area contributed by atoms with E-state index in [0.717, 1.165) is 13.6 Å². The quantitative estimate of drug-likeness (QED) is 0.700. The number of halogens is 3. The summed E-state index contributed by atoms with van der Waals surface area (Å²) in [5.41, 5.74) is 0.741. The summed E-state index contributed by atoms with van der Waals surface area (Å²) in [5.74, 6) is -0.285. The minimum atomic E-state index is -0.285. The zero-order chi connectivity index (χ0) is 10.1. The fraction of sp³-hybridized carbons (Fsp3) is 0. The van der Waals surface area contributed by atoms with Crippen molar-refractivity contribution in [2.75, 3.05) is 0 Å². The van der Waals surface area contributed by atoms with Gasteiger partial charge in [-0.05, 0) is 44.6 Å². The van der Waals surface area contributed by atoms with Gasteiger partial charge in [0.15, 0.2) is 3.01 Å². The van der Waals surface area contributed by atoms with E-state index in [4.69, 9.17) is 0 Å². The maximum atomic E-state index is 13.2. The predicted molar refractivity (Wildman–Crippen MR) is 65.7 cm³/mol. The van der Waals surface area contributed by atoms with Crippen molar-refractivity contribution in [3.8, 4) is 10.6 Å². The molecule has 0 bridgehead atoms. The van der Waals surface area contributed by atoms with Crippen LogP contribution < -0.4 is 0 Å². The molecular weight excluding hydrogens is 382 g/mol. The molecule has 1 heterocycles. The van der Waals surface area contributed by atoms with Crippen LogP contribution in [0.2, 0.25) is 0 Å². The highest BCUT2D eigenvalue weighted by molar-refractivity contribution is 14.1. The number of hydrogen-bond acceptors (Lipinski definition) is 3. The second kappa shape index (κ2) is 4.19. The molecule has 2 rings (SSSR count). The van der Waals surface area contributed by atoms with Crippen molar-refractivity contribution in [3.63, 3.8) is 0 Å². The normalized spacial score (nSPS) is 10.5. The molecule has 0 aliphatic rings. The Morgan fingerprint density at radius 1 is 1.36 bits per heavy atom. The Morgan fingerprint density at radius 3 is 2.79 bits per heavy atom. The Labute approximate surface area is 106 Å². The summed E-state index contributed by atoms with van der Waals surface area (Å²) in [6.07, 6.45) is 0. The van der Waals surface area contributed by atoms with Gasteiger partial charge in [0.05, 0.1) is 4.47 Å². The lowest BCUT2D eigenvalue weighted by Gasteiger charge is -1.99. The molecule has 1 aromatic carbocycles. The molecular formula is C8H3BrFIN2S. The first-order valence-corrected chi connectivity index (χ1v) is 6.30. The third-order valence-electron chi connectivity index (χ3n) is 1.58. The number of hydrogen-bond donors (Lipinski definition) is 0. The third-order valence-corrected chi connectivity index (χ3v) is 4.01. The maximum Gasteiger partial charge on any atom is 0.178 e. The zero-order valence-electron chi connectivity index (χ0n) is 6.67. The van der Waals surface area contributed by atoms with E-state index in [2.05, 4.69) is 48.7 Å². The molecule has 0 aliphatic heterocycles. The lowest BCUT2D eigenvalue weighted by molar-refractivity contribution is 0.622. The average molecular weight is 385 g/mol. The van der Waals surface area contributed by atoms with Crippen LogP contribution in [0.15, 0.2) is 22.7 Å². The van der Waals surface area contributed by atoms with Crippen molar-refractivity contribution < 1.29 is 4.39 Å². The van der Waals surface area contributed by atoms with Gasteiger partial charge in [0.1, 0.15) is 10.8 Å². The average Bonchev–Trinajstić information content (AvgIpc) is 2.57. The molecule has 0 fully saturated rings. The monoisotopic (exact) mass is 384 g/mol. The molecule has 0 saturated heterocycles. The summed E-state index contributed by atoms with van der Waals surface area (Å²) in [4.78, 5) is 0. The Morgan fingerprint density at radius 2 is 2.14 bits per heavy atom. The van der Waals surface area contributed by atoms with E-state index in [9.17, 15) is 4.39 Å². The maximum absolute atomic E-state index is 13.2. The van der Waals surface area contributed by atoms with Gasteiger partial charge in [-0.25, -0.2) is 4.39 Å². The molecule has 0 N–H and O–H groups in total. The second-order valence-corrected chi connectivity index (χ2v) is 5.99. The summed E-state index contributed by atoms with van der Waals surface area (Å²) in [5, 5.41) is 8.55. The Hall–Kier alpha value is -0.0800. The first-order valence-electron chi connectivity index (χ1n) is 3.62. The van der Waals surface area contributed by atoms with Crippen LogP contribution >= 0.6 is 49.9 Å². The first-order chi connectivity index (χ1) is 6.68. The van der Waals surface area contributed by atoms with Crippen molar-refractivity contribution in [1.29, 1.82) is 0 Å². The SMILES string of the molecule is Fc1cccc(-c2nnc(I)s2)c1Br. The van der Waals surface area contributed by atoms with Crippen LogP contribution in [0.3, 0.4) is 0 Å². The van der Waals surface area contributed by atoms with Gasteiger partial charge in [-0.2, -0.15) is 0 Å². The van der Waals surface area contributed by atoms with E-state index in [1.165, 1.54) is 17.4 Å². The topological polar surface area (TPSA) is 25.8 Å². The minimum absolute atomic E-state index is 0.285. The molecule has 2 nitrogen and oxygen atoms in total. The Balaban J connectivity index is 2.57. The molecule has 0 unspecified atom stereocenters. The molecule has 14 heavy (non-hydrogen) atoms. The van der Waals surface area contributed by atoms with Crippen LogP contribution in [0.5, 0.6) is 0 Å². The zero-order valence-corrected chi connectivity index (χ0v) is 11.2. The van der Waals surface area contributed by atoms with Gasteiger partial charge in [0.25, 0.3) is 0 Å². The van der Waals surface area contributed by atoms with E-state index in [1.54, 1.807) is 6.07 Å². The van der Waals surface area contributed by atoms with E-state index in [0.29, 0.717) is 4.47 Å². The molecule has 0 aliphatic carbocycles. The standard InChI is InChI=1S/C8H3BrFIN2S/c9-6-4(2-1-3-5(6)10)7-12-13-8(11)14-7/h1-3H. The molecule has 0 amide bonds. The molecule has 0 radical (unpaired) electrons. The lowest BCUT2D eigenvalue weighted by Crippen LogP contribution is -1.83. The second-order valence-electron chi connectivity index (χ2n) is 2.46. The highest BCUT2D eigenvalue weighted by Crippen LogP contribution is 2.32. The fourth-order valence-corrected chi connectivity index (χ4v) is 2.90. The smallest absolute Gasteiger partial charge is 0.178 e. The molecule has 6 heteroatoms. The summed E-state index contributed by atoms with van der Waals surface area (Å²) >= 11 is 6.70. The first kappa shape index (κ1) is 10.4. The third kappa shape index (κ3) is 1.96. The Kier molecular flexibility index (Phi) is 3.13. The number of rotatable bonds is 1. The largest absolute Gasteiger partial charge is 0.206 e. The van der Waals surface area contributed by atoms with Gasteiger partial charge < -0.3 is 0 Å². The van der Waals surface area contributed by atoms with E-state index < -0.39 is 0 Å². The van der Waals surface area contributed by atoms with Gasteiger partial charge in [-0.1, -0.05) is 23.5 Å². The van der Waals surface area contributed by atoms with Crippen LogP contribution in [0, 0.1) is 8.83 Å². The van der Waals surface area contributed by atoms with Crippen LogP contribution in [-0.4, -0.2) is 10.2 Å². The van der Waals surface area contributed by atoms with Crippen molar-refractivity contribution in [2.24, 2.45) is 0 Å². The number of nitrogens with zero attached hydrogens (tertiary/aromatic N) is 2. The van der Waals surface area contributed by atoms with Crippen LogP contribution in [-0.2, 0) is 0 Å². The highest BCUT2D eigenvalue weighted by Gasteiger charge is 2.11. The summed E-state index contributed by atoms with van der Waals surface area (Å²) in [7, 11) is 0. The van der Waals surface area contributed by atoms with E-state index >= 15 is 0 Å². The molecule has 0 spiro atoms. The summed E-state index contributed by atoms with van der Waals surface area (Å²) in [6, 6.07) is 4.87. The van der Waals surface area contributed by atoms with Gasteiger partial charge in [-0.15, -0.1) is 10.2 Å². The lowest BCUT2D eigenvalue weighted by atomic mass is 10.2. The fourth-order valence-electron chi connectivity index (χ4n) is 0.983. The van der Waals surface area contributed by atoms with Crippen molar-refractivity contribution >= 4 is 49.9 Å². The van der Waals surface area contributed by atoms with Crippen molar-refractivity contribution in [1.82, 2.24) is 10.2 Å². The van der Waals surface area contributed by atoms with Crippen molar-refractivity contribution in [2.45, 2.75) is 0 Å². The molecule has 72 valence electrons.